The smallest absolute Gasteiger partial charge is 0.254 e. The van der Waals surface area contributed by atoms with Gasteiger partial charge in [-0.15, -0.1) is 10.2 Å². The molecule has 2 aromatic carbocycles. The van der Waals surface area contributed by atoms with Crippen molar-refractivity contribution >= 4 is 29.2 Å². The summed E-state index contributed by atoms with van der Waals surface area (Å²) in [4.78, 5) is 32.1. The number of aromatic nitrogens is 2. The summed E-state index contributed by atoms with van der Waals surface area (Å²) < 4.78 is 11.1. The second-order valence-corrected chi connectivity index (χ2v) is 10.1. The monoisotopic (exact) mass is 549 g/mol. The molecule has 5 rings (SSSR count). The lowest BCUT2D eigenvalue weighted by Gasteiger charge is -2.36. The Hall–Kier alpha value is -3.69. The van der Waals surface area contributed by atoms with Gasteiger partial charge in [-0.1, -0.05) is 23.7 Å². The summed E-state index contributed by atoms with van der Waals surface area (Å²) in [6.45, 7) is 3.44. The second-order valence-electron chi connectivity index (χ2n) is 9.70. The quantitative estimate of drug-likeness (QED) is 0.422. The Morgan fingerprint density at radius 3 is 2.51 bits per heavy atom. The molecule has 0 saturated carbocycles. The first-order valence-electron chi connectivity index (χ1n) is 13.2. The zero-order valence-corrected chi connectivity index (χ0v) is 22.7. The molecule has 2 saturated heterocycles. The maximum atomic E-state index is 13.3. The lowest BCUT2D eigenvalue weighted by molar-refractivity contribution is -0.132. The number of amides is 2. The Balaban J connectivity index is 1.19. The molecule has 2 fully saturated rings. The highest BCUT2D eigenvalue weighted by atomic mass is 35.5. The van der Waals surface area contributed by atoms with Gasteiger partial charge in [0.05, 0.1) is 18.9 Å². The number of hydrogen-bond donors (Lipinski definition) is 0. The van der Waals surface area contributed by atoms with E-state index in [-0.39, 0.29) is 24.5 Å². The molecular weight excluding hydrogens is 518 g/mol. The van der Waals surface area contributed by atoms with Gasteiger partial charge in [0.1, 0.15) is 12.3 Å². The SMILES string of the molecule is COc1cccc(-c2ccc(N3CCN(C(=O)CN(C[C@@H]4CCCO4)C(=O)c4ccc(Cl)cc4)CC3)nn2)c1. The molecule has 0 N–H and O–H groups in total. The van der Waals surface area contributed by atoms with Crippen LogP contribution in [0.4, 0.5) is 5.82 Å². The van der Waals surface area contributed by atoms with Crippen molar-refractivity contribution in [1.29, 1.82) is 0 Å². The van der Waals surface area contributed by atoms with E-state index < -0.39 is 0 Å². The molecule has 3 heterocycles. The van der Waals surface area contributed by atoms with Gasteiger partial charge >= 0.3 is 0 Å². The van der Waals surface area contributed by atoms with Crippen LogP contribution in [-0.2, 0) is 9.53 Å². The molecule has 204 valence electrons. The molecule has 0 bridgehead atoms. The molecule has 2 amide bonds. The van der Waals surface area contributed by atoms with Crippen molar-refractivity contribution in [3.63, 3.8) is 0 Å². The number of benzene rings is 2. The molecule has 0 spiro atoms. The Labute approximate surface area is 233 Å². The zero-order chi connectivity index (χ0) is 27.2. The Morgan fingerprint density at radius 2 is 1.85 bits per heavy atom. The number of rotatable bonds is 8. The summed E-state index contributed by atoms with van der Waals surface area (Å²) in [6, 6.07) is 18.4. The van der Waals surface area contributed by atoms with E-state index in [1.807, 2.05) is 41.3 Å². The lowest BCUT2D eigenvalue weighted by atomic mass is 10.1. The molecule has 1 atom stereocenters. The van der Waals surface area contributed by atoms with Crippen LogP contribution in [0.15, 0.2) is 60.7 Å². The Bertz CT molecular complexity index is 1270. The van der Waals surface area contributed by atoms with Gasteiger partial charge in [-0.2, -0.15) is 0 Å². The number of carbonyl (C=O) groups is 2. The molecule has 0 radical (unpaired) electrons. The average molecular weight is 550 g/mol. The molecule has 39 heavy (non-hydrogen) atoms. The number of hydrogen-bond acceptors (Lipinski definition) is 7. The molecule has 2 aliphatic heterocycles. The van der Waals surface area contributed by atoms with E-state index in [9.17, 15) is 9.59 Å². The third-order valence-corrected chi connectivity index (χ3v) is 7.38. The van der Waals surface area contributed by atoms with Gasteiger partial charge < -0.3 is 24.2 Å². The second kappa shape index (κ2) is 12.4. The highest BCUT2D eigenvalue weighted by Gasteiger charge is 2.28. The number of nitrogens with zero attached hydrogens (tertiary/aromatic N) is 5. The average Bonchev–Trinajstić information content (AvgIpc) is 3.50. The van der Waals surface area contributed by atoms with Crippen LogP contribution in [0.25, 0.3) is 11.3 Å². The maximum Gasteiger partial charge on any atom is 0.254 e. The van der Waals surface area contributed by atoms with Crippen LogP contribution in [-0.4, -0.2) is 90.9 Å². The van der Waals surface area contributed by atoms with Crippen molar-refractivity contribution in [3.8, 4) is 17.0 Å². The van der Waals surface area contributed by atoms with Gasteiger partial charge in [0, 0.05) is 55.5 Å². The van der Waals surface area contributed by atoms with Crippen molar-refractivity contribution in [1.82, 2.24) is 20.0 Å². The van der Waals surface area contributed by atoms with Gasteiger partial charge in [0.15, 0.2) is 5.82 Å². The van der Waals surface area contributed by atoms with Crippen molar-refractivity contribution in [2.24, 2.45) is 0 Å². The molecule has 3 aromatic rings. The first kappa shape index (κ1) is 26.9. The van der Waals surface area contributed by atoms with Gasteiger partial charge in [0.2, 0.25) is 5.91 Å². The van der Waals surface area contributed by atoms with Crippen LogP contribution < -0.4 is 9.64 Å². The van der Waals surface area contributed by atoms with Crippen molar-refractivity contribution in [3.05, 3.63) is 71.2 Å². The van der Waals surface area contributed by atoms with E-state index >= 15 is 0 Å². The summed E-state index contributed by atoms with van der Waals surface area (Å²) in [6.07, 6.45) is 1.80. The molecule has 1 aromatic heterocycles. The minimum atomic E-state index is -0.194. The third kappa shape index (κ3) is 6.66. The summed E-state index contributed by atoms with van der Waals surface area (Å²) >= 11 is 6.00. The van der Waals surface area contributed by atoms with Crippen molar-refractivity contribution in [2.75, 3.05) is 57.9 Å². The summed E-state index contributed by atoms with van der Waals surface area (Å²) in [7, 11) is 1.64. The molecule has 0 unspecified atom stereocenters. The number of anilines is 1. The van der Waals surface area contributed by atoms with E-state index in [0.29, 0.717) is 49.9 Å². The molecule has 0 aliphatic carbocycles. The normalized spacial score (nSPS) is 17.2. The van der Waals surface area contributed by atoms with Crippen LogP contribution in [0.2, 0.25) is 5.02 Å². The highest BCUT2D eigenvalue weighted by Crippen LogP contribution is 2.23. The molecule has 2 aliphatic rings. The largest absolute Gasteiger partial charge is 0.497 e. The minimum absolute atomic E-state index is 0.0103. The fraction of sp³-hybridized carbons (Fsp3) is 0.379. The van der Waals surface area contributed by atoms with E-state index in [1.54, 1.807) is 36.3 Å². The summed E-state index contributed by atoms with van der Waals surface area (Å²) in [5.74, 6) is 1.27. The van der Waals surface area contributed by atoms with Crippen LogP contribution in [0.1, 0.15) is 23.2 Å². The molecular formula is C29H32ClN5O4. The van der Waals surface area contributed by atoms with E-state index in [0.717, 1.165) is 35.7 Å². The van der Waals surface area contributed by atoms with Gasteiger partial charge in [0.25, 0.3) is 5.91 Å². The van der Waals surface area contributed by atoms with Crippen LogP contribution >= 0.6 is 11.6 Å². The molecule has 9 nitrogen and oxygen atoms in total. The number of ether oxygens (including phenoxy) is 2. The fourth-order valence-corrected chi connectivity index (χ4v) is 5.03. The van der Waals surface area contributed by atoms with Crippen molar-refractivity contribution in [2.45, 2.75) is 18.9 Å². The van der Waals surface area contributed by atoms with Gasteiger partial charge in [-0.05, 0) is 61.4 Å². The van der Waals surface area contributed by atoms with Crippen molar-refractivity contribution < 1.29 is 19.1 Å². The number of halogens is 1. The van der Waals surface area contributed by atoms with Crippen LogP contribution in [0, 0.1) is 0 Å². The van der Waals surface area contributed by atoms with Gasteiger partial charge in [-0.25, -0.2) is 0 Å². The summed E-state index contributed by atoms with van der Waals surface area (Å²) in [5.41, 5.74) is 2.21. The lowest BCUT2D eigenvalue weighted by Crippen LogP contribution is -2.52. The number of carbonyl (C=O) groups excluding carboxylic acids is 2. The predicted octanol–water partition coefficient (Wildman–Crippen LogP) is 3.78. The zero-order valence-electron chi connectivity index (χ0n) is 22.0. The first-order valence-corrected chi connectivity index (χ1v) is 13.6. The summed E-state index contributed by atoms with van der Waals surface area (Å²) in [5, 5.41) is 9.39. The first-order chi connectivity index (χ1) is 19.0. The standard InChI is InChI=1S/C29H32ClN5O4/c1-38-24-5-2-4-22(18-24)26-11-12-27(32-31-26)33-13-15-34(16-14-33)28(36)20-35(19-25-6-3-17-39-25)29(37)21-7-9-23(30)10-8-21/h2,4-5,7-12,18,25H,3,6,13-17,19-20H2,1H3/t25-/m0/s1. The third-order valence-electron chi connectivity index (χ3n) is 7.12. The van der Waals surface area contributed by atoms with E-state index in [1.165, 1.54) is 0 Å². The maximum absolute atomic E-state index is 13.3. The van der Waals surface area contributed by atoms with Crippen LogP contribution in [0.3, 0.4) is 0 Å². The van der Waals surface area contributed by atoms with E-state index in [2.05, 4.69) is 15.1 Å². The van der Waals surface area contributed by atoms with Gasteiger partial charge in [-0.3, -0.25) is 9.59 Å². The number of piperazine rings is 1. The predicted molar refractivity (Wildman–Crippen MR) is 149 cm³/mol. The fourth-order valence-electron chi connectivity index (χ4n) is 4.91. The topological polar surface area (TPSA) is 88.1 Å². The Morgan fingerprint density at radius 1 is 1.05 bits per heavy atom. The Kier molecular flexibility index (Phi) is 8.58. The highest BCUT2D eigenvalue weighted by molar-refractivity contribution is 6.30. The van der Waals surface area contributed by atoms with Crippen LogP contribution in [0.5, 0.6) is 5.75 Å². The molecule has 10 heteroatoms. The number of methoxy groups -OCH3 is 1. The van der Waals surface area contributed by atoms with E-state index in [4.69, 9.17) is 21.1 Å². The minimum Gasteiger partial charge on any atom is -0.497 e.